The van der Waals surface area contributed by atoms with E-state index in [1.807, 2.05) is 6.07 Å². The molecule has 20 heavy (non-hydrogen) atoms. The number of hydrogen-bond acceptors (Lipinski definition) is 3. The van der Waals surface area contributed by atoms with Gasteiger partial charge in [0.2, 0.25) is 0 Å². The highest BCUT2D eigenvalue weighted by Gasteiger charge is 2.25. The molecule has 1 aliphatic rings. The Morgan fingerprint density at radius 2 is 1.80 bits per heavy atom. The van der Waals surface area contributed by atoms with E-state index >= 15 is 0 Å². The maximum absolute atomic E-state index is 10.7. The number of benzene rings is 1. The molecule has 0 spiro atoms. The normalized spacial score (nSPS) is 18.9. The molecule has 2 rings (SSSR count). The van der Waals surface area contributed by atoms with Gasteiger partial charge in [0.15, 0.2) is 0 Å². The Bertz CT molecular complexity index is 443. The van der Waals surface area contributed by atoms with Crippen molar-refractivity contribution in [1.29, 1.82) is 0 Å². The van der Waals surface area contributed by atoms with Crippen LogP contribution in [0.4, 0.5) is 0 Å². The predicted octanol–water partition coefficient (Wildman–Crippen LogP) is 2.20. The maximum Gasteiger partial charge on any atom is 0.0945 e. The second-order valence-electron chi connectivity index (χ2n) is 6.35. The molecule has 112 valence electrons. The van der Waals surface area contributed by atoms with Crippen molar-refractivity contribution in [3.63, 3.8) is 0 Å². The zero-order valence-electron chi connectivity index (χ0n) is 12.8. The summed E-state index contributed by atoms with van der Waals surface area (Å²) in [5, 5.41) is 23.4. The molecule has 0 saturated heterocycles. The van der Waals surface area contributed by atoms with E-state index in [0.717, 1.165) is 12.0 Å². The van der Waals surface area contributed by atoms with Gasteiger partial charge in [0.05, 0.1) is 12.2 Å². The summed E-state index contributed by atoms with van der Waals surface area (Å²) in [5.74, 6) is 0.303. The molecule has 0 bridgehead atoms. The van der Waals surface area contributed by atoms with Crippen molar-refractivity contribution in [2.45, 2.75) is 58.3 Å². The highest BCUT2D eigenvalue weighted by atomic mass is 16.3. The Labute approximate surface area is 122 Å². The highest BCUT2D eigenvalue weighted by molar-refractivity contribution is 5.36. The zero-order valence-corrected chi connectivity index (χ0v) is 12.8. The lowest BCUT2D eigenvalue weighted by Crippen LogP contribution is -2.42. The average molecular weight is 277 g/mol. The van der Waals surface area contributed by atoms with Gasteiger partial charge in [-0.1, -0.05) is 32.0 Å². The minimum Gasteiger partial charge on any atom is -0.392 e. The lowest BCUT2D eigenvalue weighted by Gasteiger charge is -2.29. The van der Waals surface area contributed by atoms with Gasteiger partial charge in [0.1, 0.15) is 0 Å². The molecule has 3 N–H and O–H groups in total. The molecule has 0 heterocycles. The van der Waals surface area contributed by atoms with Crippen LogP contribution >= 0.6 is 0 Å². The Morgan fingerprint density at radius 3 is 2.45 bits per heavy atom. The van der Waals surface area contributed by atoms with E-state index in [9.17, 15) is 10.2 Å². The highest BCUT2D eigenvalue weighted by Crippen LogP contribution is 2.28. The second-order valence-corrected chi connectivity index (χ2v) is 6.35. The first-order valence-electron chi connectivity index (χ1n) is 7.70. The summed E-state index contributed by atoms with van der Waals surface area (Å²) in [6, 6.07) is 6.33. The minimum absolute atomic E-state index is 0.0379. The quantitative estimate of drug-likeness (QED) is 0.747. The van der Waals surface area contributed by atoms with Gasteiger partial charge in [0.25, 0.3) is 0 Å². The first-order valence-corrected chi connectivity index (χ1v) is 7.70. The van der Waals surface area contributed by atoms with Crippen molar-refractivity contribution in [2.75, 3.05) is 6.54 Å². The van der Waals surface area contributed by atoms with E-state index in [4.69, 9.17) is 0 Å². The monoisotopic (exact) mass is 277 g/mol. The Morgan fingerprint density at radius 1 is 1.10 bits per heavy atom. The largest absolute Gasteiger partial charge is 0.392 e. The van der Waals surface area contributed by atoms with Crippen molar-refractivity contribution >= 4 is 0 Å². The van der Waals surface area contributed by atoms with Gasteiger partial charge in [0, 0.05) is 12.6 Å². The molecule has 0 fully saturated rings. The molecule has 3 heteroatoms. The fourth-order valence-electron chi connectivity index (χ4n) is 3.00. The van der Waals surface area contributed by atoms with E-state index in [0.29, 0.717) is 12.5 Å². The first-order chi connectivity index (χ1) is 9.49. The van der Waals surface area contributed by atoms with Crippen LogP contribution in [0.15, 0.2) is 18.2 Å². The third-order valence-electron chi connectivity index (χ3n) is 4.17. The van der Waals surface area contributed by atoms with Crippen molar-refractivity contribution < 1.29 is 10.2 Å². The molecule has 0 amide bonds. The number of aliphatic hydroxyl groups excluding tert-OH is 2. The maximum atomic E-state index is 10.7. The van der Waals surface area contributed by atoms with Crippen molar-refractivity contribution in [3.8, 4) is 0 Å². The molecule has 0 aromatic heterocycles. The zero-order chi connectivity index (χ0) is 14.7. The SMILES string of the molecule is CC(O)CNC(C(C)C)C(O)c1ccc2c(c1)CCC2. The van der Waals surface area contributed by atoms with Gasteiger partial charge >= 0.3 is 0 Å². The Hall–Kier alpha value is -0.900. The molecule has 0 saturated carbocycles. The number of aliphatic hydroxyl groups is 2. The average Bonchev–Trinajstić information content (AvgIpc) is 2.84. The molecule has 1 aromatic rings. The third-order valence-corrected chi connectivity index (χ3v) is 4.17. The van der Waals surface area contributed by atoms with E-state index in [2.05, 4.69) is 31.3 Å². The number of aryl methyl sites for hydroxylation is 2. The number of hydrogen-bond donors (Lipinski definition) is 3. The van der Waals surface area contributed by atoms with Gasteiger partial charge in [-0.3, -0.25) is 0 Å². The van der Waals surface area contributed by atoms with Crippen LogP contribution in [-0.2, 0) is 12.8 Å². The topological polar surface area (TPSA) is 52.5 Å². The second kappa shape index (κ2) is 6.70. The summed E-state index contributed by atoms with van der Waals surface area (Å²) in [4.78, 5) is 0. The molecule has 1 aromatic carbocycles. The molecule has 3 atom stereocenters. The van der Waals surface area contributed by atoms with E-state index in [1.165, 1.54) is 24.0 Å². The van der Waals surface area contributed by atoms with E-state index in [1.54, 1.807) is 6.92 Å². The van der Waals surface area contributed by atoms with Crippen LogP contribution in [0.25, 0.3) is 0 Å². The summed E-state index contributed by atoms with van der Waals surface area (Å²) >= 11 is 0. The predicted molar refractivity (Wildman–Crippen MR) is 81.7 cm³/mol. The van der Waals surface area contributed by atoms with E-state index in [-0.39, 0.29) is 6.04 Å². The van der Waals surface area contributed by atoms with Gasteiger partial charge in [-0.05, 0) is 48.8 Å². The van der Waals surface area contributed by atoms with Crippen LogP contribution in [0, 0.1) is 5.92 Å². The summed E-state index contributed by atoms with van der Waals surface area (Å²) in [7, 11) is 0. The number of nitrogens with one attached hydrogen (secondary N) is 1. The van der Waals surface area contributed by atoms with Gasteiger partial charge in [-0.25, -0.2) is 0 Å². The molecular weight excluding hydrogens is 250 g/mol. The van der Waals surface area contributed by atoms with Crippen molar-refractivity contribution in [3.05, 3.63) is 34.9 Å². The van der Waals surface area contributed by atoms with Gasteiger partial charge in [-0.15, -0.1) is 0 Å². The van der Waals surface area contributed by atoms with Crippen LogP contribution in [0.5, 0.6) is 0 Å². The van der Waals surface area contributed by atoms with Gasteiger partial charge < -0.3 is 15.5 Å². The lowest BCUT2D eigenvalue weighted by molar-refractivity contribution is 0.0930. The van der Waals surface area contributed by atoms with Crippen LogP contribution in [0.3, 0.4) is 0 Å². The first kappa shape index (κ1) is 15.5. The van der Waals surface area contributed by atoms with Crippen molar-refractivity contribution in [2.24, 2.45) is 5.92 Å². The van der Waals surface area contributed by atoms with Crippen LogP contribution < -0.4 is 5.32 Å². The smallest absolute Gasteiger partial charge is 0.0945 e. The third kappa shape index (κ3) is 3.60. The molecule has 3 unspecified atom stereocenters. The Kier molecular flexibility index (Phi) is 5.19. The molecule has 0 radical (unpaired) electrons. The molecule has 1 aliphatic carbocycles. The standard InChI is InChI=1S/C17H27NO2/c1-11(2)16(18-10-12(3)19)17(20)15-8-7-13-5-4-6-14(13)9-15/h7-9,11-12,16-20H,4-6,10H2,1-3H3. The van der Waals surface area contributed by atoms with Crippen molar-refractivity contribution in [1.82, 2.24) is 5.32 Å². The summed E-state index contributed by atoms with van der Waals surface area (Å²) in [5.41, 5.74) is 3.81. The minimum atomic E-state index is -0.528. The lowest BCUT2D eigenvalue weighted by atomic mass is 9.91. The van der Waals surface area contributed by atoms with Crippen LogP contribution in [0.1, 0.15) is 50.0 Å². The van der Waals surface area contributed by atoms with E-state index < -0.39 is 12.2 Å². The molecular formula is C17H27NO2. The Balaban J connectivity index is 2.12. The fourth-order valence-corrected chi connectivity index (χ4v) is 3.00. The summed E-state index contributed by atoms with van der Waals surface area (Å²) in [6.45, 7) is 6.45. The van der Waals surface area contributed by atoms with Crippen LogP contribution in [0.2, 0.25) is 0 Å². The number of rotatable bonds is 6. The number of fused-ring (bicyclic) bond motifs is 1. The molecule has 0 aliphatic heterocycles. The molecule has 3 nitrogen and oxygen atoms in total. The summed E-state index contributed by atoms with van der Waals surface area (Å²) in [6.07, 6.45) is 2.59. The van der Waals surface area contributed by atoms with Crippen LogP contribution in [-0.4, -0.2) is 28.9 Å². The summed E-state index contributed by atoms with van der Waals surface area (Å²) < 4.78 is 0. The van der Waals surface area contributed by atoms with Gasteiger partial charge in [-0.2, -0.15) is 0 Å². The fraction of sp³-hybridized carbons (Fsp3) is 0.647.